The number of likely N-dealkylation sites (tertiary alicyclic amines) is 1. The van der Waals surface area contributed by atoms with E-state index in [2.05, 4.69) is 18.2 Å². The maximum atomic E-state index is 12.9. The van der Waals surface area contributed by atoms with Crippen LogP contribution in [0.4, 0.5) is 0 Å². The molecule has 2 aromatic rings. The second-order valence-electron chi connectivity index (χ2n) is 6.76. The van der Waals surface area contributed by atoms with E-state index in [-0.39, 0.29) is 5.91 Å². The molecule has 1 saturated heterocycles. The van der Waals surface area contributed by atoms with Crippen molar-refractivity contribution < 1.29 is 4.79 Å². The van der Waals surface area contributed by atoms with Crippen LogP contribution in [0.2, 0.25) is 0 Å². The molecule has 0 spiro atoms. The molecule has 1 aromatic heterocycles. The van der Waals surface area contributed by atoms with Crippen molar-refractivity contribution in [2.45, 2.75) is 44.7 Å². The first-order chi connectivity index (χ1) is 11.5. The van der Waals surface area contributed by atoms with E-state index in [0.717, 1.165) is 38.0 Å². The van der Waals surface area contributed by atoms with E-state index in [1.165, 1.54) is 5.56 Å². The summed E-state index contributed by atoms with van der Waals surface area (Å²) in [4.78, 5) is 14.8. The number of hydrogen-bond acceptors (Lipinski definition) is 3. The highest BCUT2D eigenvalue weighted by Gasteiger charge is 2.36. The van der Waals surface area contributed by atoms with Crippen LogP contribution in [0.5, 0.6) is 0 Å². The van der Waals surface area contributed by atoms with Gasteiger partial charge in [0.2, 0.25) is 5.91 Å². The Balaban J connectivity index is 1.64. The molecule has 1 unspecified atom stereocenters. The lowest BCUT2D eigenvalue weighted by molar-refractivity contribution is -0.137. The molecule has 0 aliphatic carbocycles. The van der Waals surface area contributed by atoms with Crippen molar-refractivity contribution in [2.75, 3.05) is 13.1 Å². The zero-order valence-electron chi connectivity index (χ0n) is 14.5. The monoisotopic (exact) mass is 326 g/mol. The Morgan fingerprint density at radius 3 is 2.54 bits per heavy atom. The highest BCUT2D eigenvalue weighted by molar-refractivity contribution is 5.87. The third-order valence-electron chi connectivity index (χ3n) is 5.05. The van der Waals surface area contributed by atoms with Gasteiger partial charge >= 0.3 is 0 Å². The summed E-state index contributed by atoms with van der Waals surface area (Å²) in [6.07, 6.45) is 6.01. The van der Waals surface area contributed by atoms with Gasteiger partial charge in [0.15, 0.2) is 0 Å². The summed E-state index contributed by atoms with van der Waals surface area (Å²) in [6.45, 7) is 6.28. The van der Waals surface area contributed by atoms with E-state index in [1.54, 1.807) is 0 Å². The predicted octanol–water partition coefficient (Wildman–Crippen LogP) is 2.48. The SMILES string of the molecule is CCn1cc(C2CCN(C(=O)C(C)(N)c3ccccc3)CC2)cn1. The average Bonchev–Trinajstić information content (AvgIpc) is 3.11. The van der Waals surface area contributed by atoms with Crippen molar-refractivity contribution in [1.29, 1.82) is 0 Å². The average molecular weight is 326 g/mol. The molecule has 5 nitrogen and oxygen atoms in total. The van der Waals surface area contributed by atoms with Gasteiger partial charge in [0.05, 0.1) is 6.20 Å². The highest BCUT2D eigenvalue weighted by Crippen LogP contribution is 2.30. The Morgan fingerprint density at radius 2 is 1.96 bits per heavy atom. The van der Waals surface area contributed by atoms with Crippen LogP contribution in [-0.4, -0.2) is 33.7 Å². The topological polar surface area (TPSA) is 64.2 Å². The van der Waals surface area contributed by atoms with Gasteiger partial charge in [0.1, 0.15) is 5.54 Å². The minimum atomic E-state index is -0.971. The number of aryl methyl sites for hydroxylation is 1. The lowest BCUT2D eigenvalue weighted by Gasteiger charge is -2.37. The molecule has 1 fully saturated rings. The van der Waals surface area contributed by atoms with E-state index in [1.807, 2.05) is 53.0 Å². The summed E-state index contributed by atoms with van der Waals surface area (Å²) in [6, 6.07) is 9.62. The molecular weight excluding hydrogens is 300 g/mol. The Labute approximate surface area is 143 Å². The fraction of sp³-hybridized carbons (Fsp3) is 0.474. The predicted molar refractivity (Wildman–Crippen MR) is 94.4 cm³/mol. The van der Waals surface area contributed by atoms with Crippen LogP contribution in [0.15, 0.2) is 42.7 Å². The number of hydrogen-bond donors (Lipinski definition) is 1. The summed E-state index contributed by atoms with van der Waals surface area (Å²) in [5.74, 6) is 0.492. The zero-order valence-corrected chi connectivity index (χ0v) is 14.5. The van der Waals surface area contributed by atoms with Gasteiger partial charge in [-0.2, -0.15) is 5.10 Å². The van der Waals surface area contributed by atoms with Crippen molar-refractivity contribution in [1.82, 2.24) is 14.7 Å². The number of benzene rings is 1. The number of nitrogens with zero attached hydrogens (tertiary/aromatic N) is 3. The molecule has 1 amide bonds. The molecule has 2 heterocycles. The number of carbonyl (C=O) groups is 1. The van der Waals surface area contributed by atoms with Crippen molar-refractivity contribution in [3.05, 3.63) is 53.9 Å². The van der Waals surface area contributed by atoms with Crippen LogP contribution in [-0.2, 0) is 16.9 Å². The molecule has 0 radical (unpaired) electrons. The first-order valence-corrected chi connectivity index (χ1v) is 8.68. The van der Waals surface area contributed by atoms with Crippen molar-refractivity contribution in [3.63, 3.8) is 0 Å². The summed E-state index contributed by atoms with van der Waals surface area (Å²) in [7, 11) is 0. The van der Waals surface area contributed by atoms with Gasteiger partial charge in [-0.25, -0.2) is 0 Å². The molecule has 0 saturated carbocycles. The highest BCUT2D eigenvalue weighted by atomic mass is 16.2. The van der Waals surface area contributed by atoms with Crippen LogP contribution in [0.1, 0.15) is 43.7 Å². The summed E-state index contributed by atoms with van der Waals surface area (Å²) in [5, 5.41) is 4.36. The molecular formula is C19H26N4O. The quantitative estimate of drug-likeness (QED) is 0.939. The molecule has 24 heavy (non-hydrogen) atoms. The number of carbonyl (C=O) groups excluding carboxylic acids is 1. The standard InChI is InChI=1S/C19H26N4O/c1-3-23-14-16(13-21-23)15-9-11-22(12-10-15)18(24)19(2,20)17-7-5-4-6-8-17/h4-8,13-15H,3,9-12,20H2,1-2H3. The lowest BCUT2D eigenvalue weighted by Crippen LogP contribution is -2.52. The fourth-order valence-electron chi connectivity index (χ4n) is 3.42. The second-order valence-corrected chi connectivity index (χ2v) is 6.76. The number of aromatic nitrogens is 2. The van der Waals surface area contributed by atoms with Crippen molar-refractivity contribution in [2.24, 2.45) is 5.73 Å². The summed E-state index contributed by atoms with van der Waals surface area (Å²) >= 11 is 0. The number of rotatable bonds is 4. The largest absolute Gasteiger partial charge is 0.341 e. The van der Waals surface area contributed by atoms with Gasteiger partial charge in [-0.3, -0.25) is 9.48 Å². The molecule has 1 aliphatic rings. The summed E-state index contributed by atoms with van der Waals surface area (Å²) < 4.78 is 1.96. The zero-order chi connectivity index (χ0) is 17.2. The van der Waals surface area contributed by atoms with Crippen LogP contribution < -0.4 is 5.73 Å². The van der Waals surface area contributed by atoms with E-state index < -0.39 is 5.54 Å². The van der Waals surface area contributed by atoms with Gasteiger partial charge in [-0.15, -0.1) is 0 Å². The van der Waals surface area contributed by atoms with Gasteiger partial charge in [-0.05, 0) is 43.7 Å². The maximum absolute atomic E-state index is 12.9. The molecule has 3 rings (SSSR count). The minimum absolute atomic E-state index is 0.0106. The molecule has 1 aliphatic heterocycles. The van der Waals surface area contributed by atoms with Crippen LogP contribution >= 0.6 is 0 Å². The van der Waals surface area contributed by atoms with E-state index >= 15 is 0 Å². The molecule has 1 atom stereocenters. The Bertz CT molecular complexity index is 684. The van der Waals surface area contributed by atoms with Gasteiger partial charge in [-0.1, -0.05) is 30.3 Å². The molecule has 2 N–H and O–H groups in total. The first kappa shape index (κ1) is 16.7. The van der Waals surface area contributed by atoms with Gasteiger partial charge in [0, 0.05) is 25.8 Å². The maximum Gasteiger partial charge on any atom is 0.246 e. The molecule has 5 heteroatoms. The van der Waals surface area contributed by atoms with E-state index in [9.17, 15) is 4.79 Å². The smallest absolute Gasteiger partial charge is 0.246 e. The first-order valence-electron chi connectivity index (χ1n) is 8.68. The number of amides is 1. The van der Waals surface area contributed by atoms with Gasteiger partial charge < -0.3 is 10.6 Å². The van der Waals surface area contributed by atoms with Gasteiger partial charge in [0.25, 0.3) is 0 Å². The lowest BCUT2D eigenvalue weighted by atomic mass is 9.88. The van der Waals surface area contributed by atoms with E-state index in [0.29, 0.717) is 5.92 Å². The number of piperidine rings is 1. The summed E-state index contributed by atoms with van der Waals surface area (Å²) in [5.41, 5.74) is 7.55. The van der Waals surface area contributed by atoms with Crippen LogP contribution in [0, 0.1) is 0 Å². The third-order valence-corrected chi connectivity index (χ3v) is 5.05. The second kappa shape index (κ2) is 6.77. The minimum Gasteiger partial charge on any atom is -0.341 e. The van der Waals surface area contributed by atoms with E-state index in [4.69, 9.17) is 5.73 Å². The van der Waals surface area contributed by atoms with Crippen molar-refractivity contribution >= 4 is 5.91 Å². The molecule has 0 bridgehead atoms. The van der Waals surface area contributed by atoms with Crippen molar-refractivity contribution in [3.8, 4) is 0 Å². The number of nitrogens with two attached hydrogens (primary N) is 1. The Morgan fingerprint density at radius 1 is 1.29 bits per heavy atom. The third kappa shape index (κ3) is 3.22. The Hall–Kier alpha value is -2.14. The van der Waals surface area contributed by atoms with Crippen LogP contribution in [0.25, 0.3) is 0 Å². The normalized spacial score (nSPS) is 18.4. The van der Waals surface area contributed by atoms with Crippen LogP contribution in [0.3, 0.4) is 0 Å². The molecule has 128 valence electrons. The fourth-order valence-corrected chi connectivity index (χ4v) is 3.42. The molecule has 1 aromatic carbocycles. The Kier molecular flexibility index (Phi) is 4.71.